The molecule has 4 nitrogen and oxygen atoms in total. The number of guanidine groups is 1. The Bertz CT molecular complexity index is 602. The van der Waals surface area contributed by atoms with Crippen LogP contribution < -0.4 is 10.6 Å². The predicted molar refractivity (Wildman–Crippen MR) is 115 cm³/mol. The molecular formula is C18H26IN3OS. The summed E-state index contributed by atoms with van der Waals surface area (Å²) < 4.78 is 5.35. The van der Waals surface area contributed by atoms with Crippen molar-refractivity contribution in [1.29, 1.82) is 0 Å². The van der Waals surface area contributed by atoms with E-state index in [1.165, 1.54) is 11.1 Å². The first-order valence-electron chi connectivity index (χ1n) is 7.87. The third kappa shape index (κ3) is 8.10. The summed E-state index contributed by atoms with van der Waals surface area (Å²) in [6.45, 7) is 4.48. The maximum atomic E-state index is 5.35. The summed E-state index contributed by atoms with van der Waals surface area (Å²) in [4.78, 5) is 4.68. The first-order valence-corrected chi connectivity index (χ1v) is 9.26. The third-order valence-electron chi connectivity index (χ3n) is 3.34. The number of rotatable bonds is 8. The molecule has 1 aromatic carbocycles. The Morgan fingerprint density at radius 3 is 2.71 bits per heavy atom. The van der Waals surface area contributed by atoms with E-state index < -0.39 is 0 Å². The molecule has 2 aromatic rings. The lowest BCUT2D eigenvalue weighted by Crippen LogP contribution is -2.39. The number of aryl methyl sites for hydroxylation is 1. The molecular weight excluding hydrogens is 433 g/mol. The predicted octanol–water partition coefficient (Wildman–Crippen LogP) is 3.85. The Labute approximate surface area is 165 Å². The minimum atomic E-state index is 0. The van der Waals surface area contributed by atoms with Crippen LogP contribution in [0.4, 0.5) is 0 Å². The summed E-state index contributed by atoms with van der Waals surface area (Å²) in [6.07, 6.45) is 4.66. The van der Waals surface area contributed by atoms with Crippen LogP contribution >= 0.6 is 35.7 Å². The van der Waals surface area contributed by atoms with Crippen molar-refractivity contribution in [3.63, 3.8) is 0 Å². The zero-order valence-corrected chi connectivity index (χ0v) is 17.4. The number of nitrogens with one attached hydrogen (secondary N) is 2. The van der Waals surface area contributed by atoms with Crippen LogP contribution in [0, 0.1) is 6.92 Å². The van der Waals surface area contributed by atoms with Crippen LogP contribution in [0.2, 0.25) is 0 Å². The molecule has 0 atom stereocenters. The topological polar surface area (TPSA) is 49.6 Å². The fourth-order valence-corrected chi connectivity index (χ4v) is 2.49. The SMILES string of the molecule is CSCCNC(=NCc1cccc(C)c1)NCCc1ccco1.I. The van der Waals surface area contributed by atoms with E-state index in [0.29, 0.717) is 6.54 Å². The summed E-state index contributed by atoms with van der Waals surface area (Å²) in [5.41, 5.74) is 2.49. The Hall–Kier alpha value is -1.15. The van der Waals surface area contributed by atoms with E-state index in [0.717, 1.165) is 37.0 Å². The van der Waals surface area contributed by atoms with Crippen LogP contribution in [0.1, 0.15) is 16.9 Å². The summed E-state index contributed by atoms with van der Waals surface area (Å²) >= 11 is 1.82. The largest absolute Gasteiger partial charge is 0.469 e. The first kappa shape index (κ1) is 20.9. The molecule has 0 aliphatic carbocycles. The van der Waals surface area contributed by atoms with Gasteiger partial charge in [-0.2, -0.15) is 11.8 Å². The number of aliphatic imine (C=N–C) groups is 1. The van der Waals surface area contributed by atoms with E-state index >= 15 is 0 Å². The summed E-state index contributed by atoms with van der Waals surface area (Å²) in [5.74, 6) is 2.90. The van der Waals surface area contributed by atoms with Crippen LogP contribution in [0.5, 0.6) is 0 Å². The standard InChI is InChI=1S/C18H25N3OS.HI/c1-15-5-3-6-16(13-15)14-21-18(20-10-12-23-2)19-9-8-17-7-4-11-22-17;/h3-7,11,13H,8-10,12,14H2,1-2H3,(H2,19,20,21);1H. The van der Waals surface area contributed by atoms with Crippen molar-refractivity contribution in [2.45, 2.75) is 19.9 Å². The molecule has 1 heterocycles. The number of halogens is 1. The second-order valence-corrected chi connectivity index (χ2v) is 6.32. The van der Waals surface area contributed by atoms with Crippen molar-refractivity contribution in [2.75, 3.05) is 25.1 Å². The van der Waals surface area contributed by atoms with Crippen LogP contribution in [0.15, 0.2) is 52.1 Å². The minimum absolute atomic E-state index is 0. The zero-order valence-electron chi connectivity index (χ0n) is 14.2. The van der Waals surface area contributed by atoms with E-state index in [1.807, 2.05) is 23.9 Å². The highest BCUT2D eigenvalue weighted by molar-refractivity contribution is 14.0. The normalized spacial score (nSPS) is 11.0. The first-order chi connectivity index (χ1) is 11.3. The average Bonchev–Trinajstić information content (AvgIpc) is 3.06. The second-order valence-electron chi connectivity index (χ2n) is 5.33. The van der Waals surface area contributed by atoms with Crippen molar-refractivity contribution in [2.24, 2.45) is 4.99 Å². The maximum absolute atomic E-state index is 5.35. The monoisotopic (exact) mass is 459 g/mol. The molecule has 0 aliphatic rings. The van der Waals surface area contributed by atoms with E-state index in [4.69, 9.17) is 4.42 Å². The van der Waals surface area contributed by atoms with E-state index in [1.54, 1.807) is 6.26 Å². The van der Waals surface area contributed by atoms with Gasteiger partial charge in [0.2, 0.25) is 0 Å². The van der Waals surface area contributed by atoms with E-state index in [-0.39, 0.29) is 24.0 Å². The lowest BCUT2D eigenvalue weighted by Gasteiger charge is -2.12. The van der Waals surface area contributed by atoms with Gasteiger partial charge in [-0.05, 0) is 30.9 Å². The Kier molecular flexibility index (Phi) is 10.7. The molecule has 0 bridgehead atoms. The summed E-state index contributed by atoms with van der Waals surface area (Å²) in [6, 6.07) is 12.4. The molecule has 0 saturated carbocycles. The third-order valence-corrected chi connectivity index (χ3v) is 3.96. The fraction of sp³-hybridized carbons (Fsp3) is 0.389. The average molecular weight is 459 g/mol. The second kappa shape index (κ2) is 12.2. The number of benzene rings is 1. The van der Waals surface area contributed by atoms with Gasteiger partial charge in [0.05, 0.1) is 12.8 Å². The molecule has 6 heteroatoms. The number of furan rings is 1. The molecule has 132 valence electrons. The Morgan fingerprint density at radius 1 is 1.17 bits per heavy atom. The molecule has 24 heavy (non-hydrogen) atoms. The maximum Gasteiger partial charge on any atom is 0.191 e. The van der Waals surface area contributed by atoms with Crippen LogP contribution in [0.3, 0.4) is 0 Å². The van der Waals surface area contributed by atoms with Gasteiger partial charge in [0, 0.05) is 25.3 Å². The number of hydrogen-bond acceptors (Lipinski definition) is 3. The van der Waals surface area contributed by atoms with Gasteiger partial charge >= 0.3 is 0 Å². The van der Waals surface area contributed by atoms with Crippen LogP contribution in [0.25, 0.3) is 0 Å². The molecule has 0 radical (unpaired) electrons. The van der Waals surface area contributed by atoms with Gasteiger partial charge in [0.1, 0.15) is 5.76 Å². The molecule has 0 unspecified atom stereocenters. The van der Waals surface area contributed by atoms with Gasteiger partial charge < -0.3 is 15.1 Å². The van der Waals surface area contributed by atoms with Gasteiger partial charge in [-0.3, -0.25) is 0 Å². The van der Waals surface area contributed by atoms with Gasteiger partial charge in [0.15, 0.2) is 5.96 Å². The van der Waals surface area contributed by atoms with Crippen molar-refractivity contribution < 1.29 is 4.42 Å². The van der Waals surface area contributed by atoms with Crippen LogP contribution in [-0.2, 0) is 13.0 Å². The van der Waals surface area contributed by atoms with Crippen molar-refractivity contribution >= 4 is 41.7 Å². The highest BCUT2D eigenvalue weighted by atomic mass is 127. The Morgan fingerprint density at radius 2 is 2.00 bits per heavy atom. The number of hydrogen-bond donors (Lipinski definition) is 2. The van der Waals surface area contributed by atoms with Gasteiger partial charge in [0.25, 0.3) is 0 Å². The number of thioether (sulfide) groups is 1. The van der Waals surface area contributed by atoms with Gasteiger partial charge in [-0.25, -0.2) is 4.99 Å². The lowest BCUT2D eigenvalue weighted by atomic mass is 10.1. The van der Waals surface area contributed by atoms with E-state index in [9.17, 15) is 0 Å². The molecule has 0 fully saturated rings. The van der Waals surface area contributed by atoms with Gasteiger partial charge in [-0.1, -0.05) is 29.8 Å². The summed E-state index contributed by atoms with van der Waals surface area (Å²) in [5, 5.41) is 6.74. The van der Waals surface area contributed by atoms with Gasteiger partial charge in [-0.15, -0.1) is 24.0 Å². The molecule has 0 aliphatic heterocycles. The quantitative estimate of drug-likeness (QED) is 0.273. The van der Waals surface area contributed by atoms with Crippen LogP contribution in [-0.4, -0.2) is 31.1 Å². The Balaban J connectivity index is 0.00000288. The minimum Gasteiger partial charge on any atom is -0.469 e. The smallest absolute Gasteiger partial charge is 0.191 e. The molecule has 0 amide bonds. The molecule has 1 aromatic heterocycles. The highest BCUT2D eigenvalue weighted by Gasteiger charge is 2.00. The molecule has 2 rings (SSSR count). The highest BCUT2D eigenvalue weighted by Crippen LogP contribution is 2.05. The zero-order chi connectivity index (χ0) is 16.3. The van der Waals surface area contributed by atoms with Crippen molar-refractivity contribution in [3.05, 3.63) is 59.5 Å². The van der Waals surface area contributed by atoms with E-state index in [2.05, 4.69) is 53.1 Å². The molecule has 0 saturated heterocycles. The van der Waals surface area contributed by atoms with Crippen molar-refractivity contribution in [1.82, 2.24) is 10.6 Å². The molecule has 0 spiro atoms. The lowest BCUT2D eigenvalue weighted by molar-refractivity contribution is 0.507. The van der Waals surface area contributed by atoms with Crippen molar-refractivity contribution in [3.8, 4) is 0 Å². The molecule has 2 N–H and O–H groups in total. The fourth-order valence-electron chi connectivity index (χ4n) is 2.19. The number of nitrogens with zero attached hydrogens (tertiary/aromatic N) is 1. The summed E-state index contributed by atoms with van der Waals surface area (Å²) in [7, 11) is 0.